The van der Waals surface area contributed by atoms with Gasteiger partial charge in [0, 0.05) is 26.7 Å². The van der Waals surface area contributed by atoms with Crippen molar-refractivity contribution in [2.45, 2.75) is 31.4 Å². The molecule has 0 amide bonds. The van der Waals surface area contributed by atoms with Crippen LogP contribution < -0.4 is 0 Å². The average molecular weight is 487 g/mol. The highest BCUT2D eigenvalue weighted by molar-refractivity contribution is 8.33. The van der Waals surface area contributed by atoms with E-state index in [1.54, 1.807) is 0 Å². The fourth-order valence-corrected chi connectivity index (χ4v) is 8.42. The Morgan fingerprint density at radius 2 is 0.939 bits per heavy atom. The molecule has 0 fully saturated rings. The SMILES string of the molecule is C[C@H](CC(=O)c1ccccc1)C(Sc1ccccc1)(Sc1ccccc1)Sc1ccccc1. The Hall–Kier alpha value is -2.40. The molecule has 4 aromatic rings. The van der Waals surface area contributed by atoms with E-state index in [1.807, 2.05) is 83.8 Å². The Balaban J connectivity index is 1.73. The molecule has 0 heterocycles. The lowest BCUT2D eigenvalue weighted by molar-refractivity contribution is 0.0966. The molecule has 0 spiro atoms. The molecule has 0 aliphatic heterocycles. The van der Waals surface area contributed by atoms with Gasteiger partial charge in [-0.05, 0) is 42.3 Å². The number of hydrogen-bond acceptors (Lipinski definition) is 4. The average Bonchev–Trinajstić information content (AvgIpc) is 2.86. The van der Waals surface area contributed by atoms with Crippen LogP contribution in [0.25, 0.3) is 0 Å². The van der Waals surface area contributed by atoms with Crippen molar-refractivity contribution in [3.8, 4) is 0 Å². The highest BCUT2D eigenvalue weighted by atomic mass is 32.3. The van der Waals surface area contributed by atoms with Gasteiger partial charge in [-0.25, -0.2) is 0 Å². The van der Waals surface area contributed by atoms with E-state index in [1.165, 1.54) is 14.7 Å². The summed E-state index contributed by atoms with van der Waals surface area (Å²) in [5.41, 5.74) is 0.775. The van der Waals surface area contributed by atoms with Crippen molar-refractivity contribution >= 4 is 41.1 Å². The van der Waals surface area contributed by atoms with Gasteiger partial charge in [-0.2, -0.15) is 0 Å². The summed E-state index contributed by atoms with van der Waals surface area (Å²) in [6, 6.07) is 41.2. The van der Waals surface area contributed by atoms with Crippen LogP contribution >= 0.6 is 35.3 Å². The number of benzene rings is 4. The zero-order chi connectivity index (χ0) is 22.9. The molecule has 4 rings (SSSR count). The fraction of sp³-hybridized carbons (Fsp3) is 0.138. The molecule has 0 unspecified atom stereocenters. The molecule has 0 N–H and O–H groups in total. The normalized spacial score (nSPS) is 12.3. The van der Waals surface area contributed by atoms with Crippen molar-refractivity contribution in [3.63, 3.8) is 0 Å². The van der Waals surface area contributed by atoms with E-state index in [-0.39, 0.29) is 15.1 Å². The topological polar surface area (TPSA) is 17.1 Å². The minimum atomic E-state index is -0.339. The van der Waals surface area contributed by atoms with Crippen LogP contribution in [0, 0.1) is 5.92 Å². The second-order valence-corrected chi connectivity index (χ2v) is 12.5. The number of carbonyl (C=O) groups excluding carboxylic acids is 1. The van der Waals surface area contributed by atoms with Gasteiger partial charge < -0.3 is 0 Å². The first-order valence-corrected chi connectivity index (χ1v) is 13.4. The lowest BCUT2D eigenvalue weighted by Gasteiger charge is -2.37. The quantitative estimate of drug-likeness (QED) is 0.126. The Bertz CT molecular complexity index is 1030. The van der Waals surface area contributed by atoms with E-state index < -0.39 is 0 Å². The van der Waals surface area contributed by atoms with Gasteiger partial charge in [0.25, 0.3) is 0 Å². The second kappa shape index (κ2) is 11.6. The fourth-order valence-electron chi connectivity index (χ4n) is 3.47. The molecule has 0 aliphatic carbocycles. The van der Waals surface area contributed by atoms with Crippen LogP contribution in [0.2, 0.25) is 0 Å². The van der Waals surface area contributed by atoms with Crippen LogP contribution in [0.15, 0.2) is 136 Å². The second-order valence-electron chi connectivity index (χ2n) is 7.74. The molecule has 0 bridgehead atoms. The summed E-state index contributed by atoms with van der Waals surface area (Å²) in [5.74, 6) is 0.272. The van der Waals surface area contributed by atoms with Gasteiger partial charge in [0.2, 0.25) is 0 Å². The van der Waals surface area contributed by atoms with Crippen LogP contribution in [-0.4, -0.2) is 9.19 Å². The molecule has 1 nitrogen and oxygen atoms in total. The summed E-state index contributed by atoms with van der Waals surface area (Å²) in [4.78, 5) is 16.8. The van der Waals surface area contributed by atoms with E-state index in [9.17, 15) is 4.79 Å². The van der Waals surface area contributed by atoms with Crippen molar-refractivity contribution in [2.75, 3.05) is 0 Å². The van der Waals surface area contributed by atoms with E-state index in [0.717, 1.165) is 5.56 Å². The minimum Gasteiger partial charge on any atom is -0.294 e. The Labute approximate surface area is 209 Å². The highest BCUT2D eigenvalue weighted by Crippen LogP contribution is 2.60. The zero-order valence-electron chi connectivity index (χ0n) is 18.5. The summed E-state index contributed by atoms with van der Waals surface area (Å²) in [6.45, 7) is 2.21. The Morgan fingerprint density at radius 3 is 1.30 bits per heavy atom. The molecular formula is C29H26OS3. The number of hydrogen-bond donors (Lipinski definition) is 0. The van der Waals surface area contributed by atoms with Crippen LogP contribution in [0.5, 0.6) is 0 Å². The van der Waals surface area contributed by atoms with Crippen molar-refractivity contribution < 1.29 is 4.79 Å². The van der Waals surface area contributed by atoms with E-state index >= 15 is 0 Å². The van der Waals surface area contributed by atoms with Gasteiger partial charge in [0.05, 0.1) is 0 Å². The Morgan fingerprint density at radius 1 is 0.606 bits per heavy atom. The van der Waals surface area contributed by atoms with E-state index in [0.29, 0.717) is 6.42 Å². The number of ketones is 1. The number of rotatable bonds is 10. The third-order valence-electron chi connectivity index (χ3n) is 5.20. The first-order chi connectivity index (χ1) is 16.1. The van der Waals surface area contributed by atoms with Gasteiger partial charge in [-0.15, -0.1) is 0 Å². The van der Waals surface area contributed by atoms with Crippen molar-refractivity contribution in [1.29, 1.82) is 0 Å². The lowest BCUT2D eigenvalue weighted by Crippen LogP contribution is -2.27. The molecule has 0 aromatic heterocycles. The molecule has 0 radical (unpaired) electrons. The van der Waals surface area contributed by atoms with Gasteiger partial charge in [-0.1, -0.05) is 127 Å². The first-order valence-electron chi connectivity index (χ1n) is 10.9. The maximum Gasteiger partial charge on any atom is 0.163 e. The van der Waals surface area contributed by atoms with Crippen LogP contribution in [0.1, 0.15) is 23.7 Å². The third-order valence-corrected chi connectivity index (χ3v) is 10.3. The summed E-state index contributed by atoms with van der Waals surface area (Å²) < 4.78 is -0.339. The number of thioether (sulfide) groups is 3. The molecule has 166 valence electrons. The highest BCUT2D eigenvalue weighted by Gasteiger charge is 2.41. The maximum atomic E-state index is 13.2. The van der Waals surface area contributed by atoms with Gasteiger partial charge in [-0.3, -0.25) is 4.79 Å². The predicted octanol–water partition coefficient (Wildman–Crippen LogP) is 8.93. The van der Waals surface area contributed by atoms with Crippen LogP contribution in [0.3, 0.4) is 0 Å². The minimum absolute atomic E-state index is 0.0887. The monoisotopic (exact) mass is 486 g/mol. The Kier molecular flexibility index (Phi) is 8.38. The number of Topliss-reactive ketones (excluding diaryl/α,β-unsaturated/α-hetero) is 1. The number of carbonyl (C=O) groups is 1. The molecular weight excluding hydrogens is 461 g/mol. The first kappa shape index (κ1) is 23.7. The molecule has 0 saturated carbocycles. The summed E-state index contributed by atoms with van der Waals surface area (Å²) >= 11 is 5.53. The summed E-state index contributed by atoms with van der Waals surface area (Å²) in [7, 11) is 0. The molecule has 1 atom stereocenters. The van der Waals surface area contributed by atoms with Gasteiger partial charge in [0.1, 0.15) is 3.41 Å². The van der Waals surface area contributed by atoms with Gasteiger partial charge in [0.15, 0.2) is 5.78 Å². The molecule has 0 aliphatic rings. The van der Waals surface area contributed by atoms with Crippen molar-refractivity contribution in [1.82, 2.24) is 0 Å². The molecule has 33 heavy (non-hydrogen) atoms. The zero-order valence-corrected chi connectivity index (χ0v) is 20.9. The lowest BCUT2D eigenvalue weighted by atomic mass is 10.0. The van der Waals surface area contributed by atoms with Gasteiger partial charge >= 0.3 is 0 Å². The molecule has 4 aromatic carbocycles. The molecule has 0 saturated heterocycles. The largest absolute Gasteiger partial charge is 0.294 e. The summed E-state index contributed by atoms with van der Waals surface area (Å²) in [5, 5.41) is 0. The van der Waals surface area contributed by atoms with E-state index in [2.05, 4.69) is 79.7 Å². The molecule has 4 heteroatoms. The predicted molar refractivity (Wildman–Crippen MR) is 144 cm³/mol. The van der Waals surface area contributed by atoms with Crippen molar-refractivity contribution in [2.24, 2.45) is 5.92 Å². The van der Waals surface area contributed by atoms with Crippen LogP contribution in [-0.2, 0) is 0 Å². The van der Waals surface area contributed by atoms with Crippen molar-refractivity contribution in [3.05, 3.63) is 127 Å². The maximum absolute atomic E-state index is 13.2. The third kappa shape index (κ3) is 6.57. The standard InChI is InChI=1S/C29H26OS3/c1-23(22-28(30)24-14-6-2-7-15-24)29(31-25-16-8-3-9-17-25,32-26-18-10-4-11-19-26)33-27-20-12-5-13-21-27/h2-21,23H,22H2,1H3/t23-/m1/s1. The van der Waals surface area contributed by atoms with Crippen LogP contribution in [0.4, 0.5) is 0 Å². The smallest absolute Gasteiger partial charge is 0.163 e. The van der Waals surface area contributed by atoms with E-state index in [4.69, 9.17) is 0 Å². The summed E-state index contributed by atoms with van der Waals surface area (Å²) in [6.07, 6.45) is 0.476.